The molecule has 0 aliphatic rings. The smallest absolute Gasteiger partial charge is 0.308 e. The van der Waals surface area contributed by atoms with Crippen molar-refractivity contribution in [1.29, 1.82) is 0 Å². The normalized spacial score (nSPS) is 11.8. The fraction of sp³-hybridized carbons (Fsp3) is 0.235. The van der Waals surface area contributed by atoms with Crippen molar-refractivity contribution < 1.29 is 4.79 Å². The molecule has 0 heterocycles. The van der Waals surface area contributed by atoms with Crippen molar-refractivity contribution in [1.82, 2.24) is 0 Å². The van der Waals surface area contributed by atoms with Gasteiger partial charge >= 0.3 is 6.03 Å². The van der Waals surface area contributed by atoms with Crippen molar-refractivity contribution >= 4 is 29.0 Å². The van der Waals surface area contributed by atoms with Crippen molar-refractivity contribution in [3.63, 3.8) is 0 Å². The Balaban J connectivity index is 2.07. The van der Waals surface area contributed by atoms with Gasteiger partial charge in [-0.15, -0.1) is 0 Å². The predicted octanol–water partition coefficient (Wildman–Crippen LogP) is 5.50. The molecule has 0 spiro atoms. The van der Waals surface area contributed by atoms with Gasteiger partial charge in [0.2, 0.25) is 0 Å². The molecular weight excluding hydrogens is 284 g/mol. The third kappa shape index (κ3) is 4.23. The van der Waals surface area contributed by atoms with Crippen molar-refractivity contribution in [2.24, 2.45) is 0 Å². The third-order valence-electron chi connectivity index (χ3n) is 3.45. The zero-order valence-electron chi connectivity index (χ0n) is 12.2. The fourth-order valence-corrected chi connectivity index (χ4v) is 2.20. The average Bonchev–Trinajstić information content (AvgIpc) is 2.49. The average molecular weight is 303 g/mol. The Labute approximate surface area is 130 Å². The second-order valence-corrected chi connectivity index (χ2v) is 5.42. The summed E-state index contributed by atoms with van der Waals surface area (Å²) in [4.78, 5) is 12.1. The van der Waals surface area contributed by atoms with Gasteiger partial charge in [0, 0.05) is 16.4 Å². The lowest BCUT2D eigenvalue weighted by Gasteiger charge is -2.16. The predicted molar refractivity (Wildman–Crippen MR) is 89.2 cm³/mol. The van der Waals surface area contributed by atoms with Crippen LogP contribution in [0.3, 0.4) is 0 Å². The number of urea groups is 1. The maximum absolute atomic E-state index is 12.1. The third-order valence-corrected chi connectivity index (χ3v) is 3.71. The van der Waals surface area contributed by atoms with Gasteiger partial charge in [-0.2, -0.15) is 0 Å². The van der Waals surface area contributed by atoms with E-state index in [1.807, 2.05) is 24.3 Å². The zero-order valence-corrected chi connectivity index (χ0v) is 12.9. The molecule has 21 heavy (non-hydrogen) atoms. The van der Waals surface area contributed by atoms with E-state index in [9.17, 15) is 4.79 Å². The van der Waals surface area contributed by atoms with Gasteiger partial charge in [-0.25, -0.2) is 4.79 Å². The molecule has 0 radical (unpaired) electrons. The summed E-state index contributed by atoms with van der Waals surface area (Å²) in [6.45, 7) is 4.28. The summed E-state index contributed by atoms with van der Waals surface area (Å²) in [5.41, 5.74) is 2.70. The van der Waals surface area contributed by atoms with Gasteiger partial charge in [-0.05, 0) is 48.2 Å². The Hall–Kier alpha value is -2.00. The van der Waals surface area contributed by atoms with E-state index < -0.39 is 0 Å². The molecular formula is C17H19ClN2O. The first-order valence-corrected chi connectivity index (χ1v) is 7.40. The number of amides is 2. The number of carbonyl (C=O) groups excluding carboxylic acids is 1. The van der Waals surface area contributed by atoms with Gasteiger partial charge in [0.05, 0.1) is 0 Å². The minimum Gasteiger partial charge on any atom is -0.308 e. The molecule has 110 valence electrons. The molecule has 2 N–H and O–H groups in total. The number of benzene rings is 2. The van der Waals surface area contributed by atoms with Crippen LogP contribution in [0, 0.1) is 0 Å². The van der Waals surface area contributed by atoms with Crippen LogP contribution in [-0.2, 0) is 0 Å². The van der Waals surface area contributed by atoms with Crippen LogP contribution in [0.25, 0.3) is 0 Å². The van der Waals surface area contributed by atoms with Crippen molar-refractivity contribution in [3.05, 3.63) is 59.1 Å². The maximum Gasteiger partial charge on any atom is 0.323 e. The molecule has 3 nitrogen and oxygen atoms in total. The van der Waals surface area contributed by atoms with E-state index >= 15 is 0 Å². The van der Waals surface area contributed by atoms with Crippen LogP contribution >= 0.6 is 11.6 Å². The number of carbonyl (C=O) groups is 1. The summed E-state index contributed by atoms with van der Waals surface area (Å²) in [5, 5.41) is 6.34. The molecule has 0 aliphatic carbocycles. The van der Waals surface area contributed by atoms with Gasteiger partial charge < -0.3 is 10.6 Å². The van der Waals surface area contributed by atoms with Gasteiger partial charge in [0.15, 0.2) is 0 Å². The van der Waals surface area contributed by atoms with Crippen LogP contribution in [0.15, 0.2) is 48.5 Å². The molecule has 0 saturated heterocycles. The first-order valence-electron chi connectivity index (χ1n) is 7.02. The SMILES string of the molecule is CCC(C)c1ccccc1NC(=O)Nc1ccc(Cl)cc1. The summed E-state index contributed by atoms with van der Waals surface area (Å²) in [6, 6.07) is 14.6. The second-order valence-electron chi connectivity index (χ2n) is 4.98. The Morgan fingerprint density at radius 3 is 2.43 bits per heavy atom. The van der Waals surface area contributed by atoms with E-state index in [0.717, 1.165) is 17.7 Å². The molecule has 0 aromatic heterocycles. The molecule has 0 bridgehead atoms. The summed E-state index contributed by atoms with van der Waals surface area (Å²) in [6.07, 6.45) is 1.03. The van der Waals surface area contributed by atoms with Gasteiger partial charge in [0.1, 0.15) is 0 Å². The number of nitrogens with one attached hydrogen (secondary N) is 2. The van der Waals surface area contributed by atoms with Gasteiger partial charge in [0.25, 0.3) is 0 Å². The molecule has 2 aromatic carbocycles. The maximum atomic E-state index is 12.1. The highest BCUT2D eigenvalue weighted by Gasteiger charge is 2.10. The number of hydrogen-bond donors (Lipinski definition) is 2. The molecule has 2 rings (SSSR count). The topological polar surface area (TPSA) is 41.1 Å². The lowest BCUT2D eigenvalue weighted by atomic mass is 9.97. The van der Waals surface area contributed by atoms with E-state index in [4.69, 9.17) is 11.6 Å². The van der Waals surface area contributed by atoms with Crippen LogP contribution in [-0.4, -0.2) is 6.03 Å². The number of anilines is 2. The van der Waals surface area contributed by atoms with E-state index in [1.54, 1.807) is 24.3 Å². The standard InChI is InChI=1S/C17H19ClN2O/c1-3-12(2)15-6-4-5-7-16(15)20-17(21)19-14-10-8-13(18)9-11-14/h4-12H,3H2,1-2H3,(H2,19,20,21). The minimum atomic E-state index is -0.256. The van der Waals surface area contributed by atoms with Crippen molar-refractivity contribution in [3.8, 4) is 0 Å². The number of hydrogen-bond acceptors (Lipinski definition) is 1. The van der Waals surface area contributed by atoms with Crippen LogP contribution in [0.1, 0.15) is 31.7 Å². The quantitative estimate of drug-likeness (QED) is 0.769. The number of halogens is 1. The van der Waals surface area contributed by atoms with Crippen LogP contribution < -0.4 is 10.6 Å². The van der Waals surface area contributed by atoms with Crippen LogP contribution in [0.4, 0.5) is 16.2 Å². The Morgan fingerprint density at radius 2 is 1.76 bits per heavy atom. The van der Waals surface area contributed by atoms with Crippen molar-refractivity contribution in [2.75, 3.05) is 10.6 Å². The Kier molecular flexibility index (Phi) is 5.23. The van der Waals surface area contributed by atoms with E-state index in [2.05, 4.69) is 24.5 Å². The lowest BCUT2D eigenvalue weighted by molar-refractivity contribution is 0.262. The molecule has 1 unspecified atom stereocenters. The number of para-hydroxylation sites is 1. The van der Waals surface area contributed by atoms with E-state index in [-0.39, 0.29) is 6.03 Å². The van der Waals surface area contributed by atoms with Crippen LogP contribution in [0.5, 0.6) is 0 Å². The first-order chi connectivity index (χ1) is 10.1. The highest BCUT2D eigenvalue weighted by atomic mass is 35.5. The molecule has 4 heteroatoms. The molecule has 2 aromatic rings. The Morgan fingerprint density at radius 1 is 1.10 bits per heavy atom. The molecule has 2 amide bonds. The molecule has 0 aliphatic heterocycles. The highest BCUT2D eigenvalue weighted by Crippen LogP contribution is 2.26. The molecule has 0 saturated carbocycles. The Bertz CT molecular complexity index is 610. The lowest BCUT2D eigenvalue weighted by Crippen LogP contribution is -2.20. The second kappa shape index (κ2) is 7.14. The summed E-state index contributed by atoms with van der Waals surface area (Å²) >= 11 is 5.82. The summed E-state index contributed by atoms with van der Waals surface area (Å²) < 4.78 is 0. The van der Waals surface area contributed by atoms with Crippen LogP contribution in [0.2, 0.25) is 5.02 Å². The monoisotopic (exact) mass is 302 g/mol. The van der Waals surface area contributed by atoms with Crippen molar-refractivity contribution in [2.45, 2.75) is 26.2 Å². The van der Waals surface area contributed by atoms with E-state index in [0.29, 0.717) is 16.6 Å². The molecule has 0 fully saturated rings. The van der Waals surface area contributed by atoms with Gasteiger partial charge in [-0.3, -0.25) is 0 Å². The van der Waals surface area contributed by atoms with E-state index in [1.165, 1.54) is 0 Å². The first kappa shape index (κ1) is 15.4. The minimum absolute atomic E-state index is 0.256. The van der Waals surface area contributed by atoms with Gasteiger partial charge in [-0.1, -0.05) is 43.6 Å². The largest absolute Gasteiger partial charge is 0.323 e. The highest BCUT2D eigenvalue weighted by molar-refractivity contribution is 6.30. The summed E-state index contributed by atoms with van der Waals surface area (Å²) in [5.74, 6) is 0.400. The molecule has 1 atom stereocenters. The summed E-state index contributed by atoms with van der Waals surface area (Å²) in [7, 11) is 0. The fourth-order valence-electron chi connectivity index (χ4n) is 2.08. The zero-order chi connectivity index (χ0) is 15.2. The number of rotatable bonds is 4.